The van der Waals surface area contributed by atoms with Gasteiger partial charge in [0.1, 0.15) is 17.4 Å². The fourth-order valence-electron chi connectivity index (χ4n) is 3.80. The number of aryl methyl sites for hydroxylation is 2. The van der Waals surface area contributed by atoms with Gasteiger partial charge < -0.3 is 9.47 Å². The van der Waals surface area contributed by atoms with Crippen LogP contribution in [-0.4, -0.2) is 24.1 Å². The summed E-state index contributed by atoms with van der Waals surface area (Å²) < 4.78 is 12.0. The van der Waals surface area contributed by atoms with Gasteiger partial charge in [-0.3, -0.25) is 4.79 Å². The summed E-state index contributed by atoms with van der Waals surface area (Å²) in [5.74, 6) is 0.188. The molecule has 0 atom stereocenters. The number of hydrogen-bond acceptors (Lipinski definition) is 6. The quantitative estimate of drug-likeness (QED) is 0.269. The number of amides is 2. The number of carbonyl (C=O) groups is 2. The standard InChI is InChI=1S/C28H28N2O4S/c1-4-5-8-20-11-13-21(14-12-20)27(31)30(28(32)33-3)24-16-15-22(17-19(24)2)34-18-26-29-23-9-6-7-10-25(23)35-26/h6-7,9-17H,4-5,8,18H2,1-3H3. The summed E-state index contributed by atoms with van der Waals surface area (Å²) in [6.45, 7) is 4.31. The van der Waals surface area contributed by atoms with Crippen molar-refractivity contribution in [3.63, 3.8) is 0 Å². The second-order valence-corrected chi connectivity index (χ2v) is 9.34. The predicted octanol–water partition coefficient (Wildman–Crippen LogP) is 6.94. The number of carbonyl (C=O) groups excluding carboxylic acids is 2. The topological polar surface area (TPSA) is 68.7 Å². The molecule has 0 spiro atoms. The zero-order chi connectivity index (χ0) is 24.8. The highest BCUT2D eigenvalue weighted by molar-refractivity contribution is 7.18. The van der Waals surface area contributed by atoms with E-state index in [2.05, 4.69) is 11.9 Å². The minimum Gasteiger partial charge on any atom is -0.486 e. The number of unbranched alkanes of at least 4 members (excludes halogenated alkanes) is 1. The van der Waals surface area contributed by atoms with Gasteiger partial charge in [0, 0.05) is 5.56 Å². The van der Waals surface area contributed by atoms with Gasteiger partial charge in [-0.15, -0.1) is 11.3 Å². The van der Waals surface area contributed by atoms with Gasteiger partial charge >= 0.3 is 6.09 Å². The van der Waals surface area contributed by atoms with Gasteiger partial charge in [-0.05, 0) is 73.4 Å². The Morgan fingerprint density at radius 1 is 1.03 bits per heavy atom. The van der Waals surface area contributed by atoms with Crippen LogP contribution in [0.2, 0.25) is 0 Å². The molecule has 7 heteroatoms. The van der Waals surface area contributed by atoms with Crippen molar-refractivity contribution >= 4 is 39.2 Å². The molecule has 4 aromatic rings. The lowest BCUT2D eigenvalue weighted by molar-refractivity contribution is 0.0975. The Labute approximate surface area is 209 Å². The molecule has 2 amide bonds. The smallest absolute Gasteiger partial charge is 0.421 e. The van der Waals surface area contributed by atoms with Crippen LogP contribution < -0.4 is 9.64 Å². The number of ether oxygens (including phenoxy) is 2. The lowest BCUT2D eigenvalue weighted by Crippen LogP contribution is -2.37. The number of imide groups is 1. The van der Waals surface area contributed by atoms with Gasteiger partial charge in [-0.1, -0.05) is 37.6 Å². The number of thiazole rings is 1. The Bertz CT molecular complexity index is 1300. The maximum absolute atomic E-state index is 13.3. The minimum atomic E-state index is -0.740. The fourth-order valence-corrected chi connectivity index (χ4v) is 4.68. The van der Waals surface area contributed by atoms with Crippen LogP contribution in [0.5, 0.6) is 5.75 Å². The Morgan fingerprint density at radius 3 is 2.49 bits per heavy atom. The zero-order valence-corrected chi connectivity index (χ0v) is 20.9. The number of nitrogens with zero attached hydrogens (tertiary/aromatic N) is 2. The molecule has 0 aliphatic carbocycles. The molecule has 0 fully saturated rings. The highest BCUT2D eigenvalue weighted by Gasteiger charge is 2.27. The number of aromatic nitrogens is 1. The Kier molecular flexibility index (Phi) is 7.77. The van der Waals surface area contributed by atoms with E-state index in [1.807, 2.05) is 43.3 Å². The third-order valence-corrected chi connectivity index (χ3v) is 6.70. The number of benzene rings is 3. The SMILES string of the molecule is CCCCc1ccc(C(=O)N(C(=O)OC)c2ccc(OCc3nc4ccccc4s3)cc2C)cc1. The van der Waals surface area contributed by atoms with E-state index in [9.17, 15) is 9.59 Å². The van der Waals surface area contributed by atoms with Crippen LogP contribution in [0.25, 0.3) is 10.2 Å². The molecule has 0 N–H and O–H groups in total. The van der Waals surface area contributed by atoms with Crippen molar-refractivity contribution in [1.29, 1.82) is 0 Å². The van der Waals surface area contributed by atoms with Crippen LogP contribution in [0.15, 0.2) is 66.7 Å². The Hall–Kier alpha value is -3.71. The molecule has 1 heterocycles. The van der Waals surface area contributed by atoms with E-state index < -0.39 is 12.0 Å². The summed E-state index contributed by atoms with van der Waals surface area (Å²) in [5, 5.41) is 0.877. The first-order chi connectivity index (χ1) is 17.0. The van der Waals surface area contributed by atoms with E-state index in [4.69, 9.17) is 9.47 Å². The van der Waals surface area contributed by atoms with Crippen molar-refractivity contribution in [3.8, 4) is 5.75 Å². The molecule has 0 aliphatic heterocycles. The monoisotopic (exact) mass is 488 g/mol. The van der Waals surface area contributed by atoms with Gasteiger partial charge in [0.25, 0.3) is 5.91 Å². The summed E-state index contributed by atoms with van der Waals surface area (Å²) in [6, 6.07) is 20.6. The van der Waals surface area contributed by atoms with Crippen molar-refractivity contribution in [2.24, 2.45) is 0 Å². The van der Waals surface area contributed by atoms with Gasteiger partial charge in [-0.25, -0.2) is 14.7 Å². The van der Waals surface area contributed by atoms with E-state index in [0.29, 0.717) is 29.2 Å². The highest BCUT2D eigenvalue weighted by Crippen LogP contribution is 2.29. The van der Waals surface area contributed by atoms with Crippen molar-refractivity contribution in [3.05, 3.63) is 88.4 Å². The molecule has 1 aromatic heterocycles. The second kappa shape index (κ2) is 11.1. The third-order valence-electron chi connectivity index (χ3n) is 5.69. The van der Waals surface area contributed by atoms with Crippen molar-refractivity contribution < 1.29 is 19.1 Å². The average molecular weight is 489 g/mol. The van der Waals surface area contributed by atoms with Crippen LogP contribution in [0.3, 0.4) is 0 Å². The lowest BCUT2D eigenvalue weighted by atomic mass is 10.1. The molecular weight excluding hydrogens is 460 g/mol. The largest absolute Gasteiger partial charge is 0.486 e. The number of anilines is 1. The molecule has 0 unspecified atom stereocenters. The molecule has 0 saturated carbocycles. The molecule has 6 nitrogen and oxygen atoms in total. The van der Waals surface area contributed by atoms with Gasteiger partial charge in [0.15, 0.2) is 0 Å². The molecule has 0 bridgehead atoms. The first-order valence-electron chi connectivity index (χ1n) is 11.6. The number of methoxy groups -OCH3 is 1. The van der Waals surface area contributed by atoms with E-state index in [1.54, 1.807) is 41.7 Å². The zero-order valence-electron chi connectivity index (χ0n) is 20.1. The number of fused-ring (bicyclic) bond motifs is 1. The van der Waals surface area contributed by atoms with Crippen LogP contribution >= 0.6 is 11.3 Å². The number of para-hydroxylation sites is 1. The third kappa shape index (κ3) is 5.69. The summed E-state index contributed by atoms with van der Waals surface area (Å²) in [6.07, 6.45) is 2.42. The Balaban J connectivity index is 1.52. The van der Waals surface area contributed by atoms with Crippen LogP contribution in [0.1, 0.15) is 46.3 Å². The molecule has 3 aromatic carbocycles. The van der Waals surface area contributed by atoms with E-state index in [1.165, 1.54) is 12.7 Å². The average Bonchev–Trinajstić information content (AvgIpc) is 3.30. The maximum atomic E-state index is 13.3. The summed E-state index contributed by atoms with van der Waals surface area (Å²) in [5.41, 5.74) is 3.70. The van der Waals surface area contributed by atoms with Crippen molar-refractivity contribution in [1.82, 2.24) is 4.98 Å². The normalized spacial score (nSPS) is 10.8. The van der Waals surface area contributed by atoms with E-state index in [-0.39, 0.29) is 0 Å². The van der Waals surface area contributed by atoms with Gasteiger partial charge in [0.05, 0.1) is 23.0 Å². The lowest BCUT2D eigenvalue weighted by Gasteiger charge is -2.22. The van der Waals surface area contributed by atoms with Crippen LogP contribution in [-0.2, 0) is 17.8 Å². The summed E-state index contributed by atoms with van der Waals surface area (Å²) >= 11 is 1.59. The molecule has 4 rings (SSSR count). The fraction of sp³-hybridized carbons (Fsp3) is 0.250. The molecular formula is C28H28N2O4S. The minimum absolute atomic E-state index is 0.335. The first-order valence-corrected chi connectivity index (χ1v) is 12.4. The van der Waals surface area contributed by atoms with Crippen molar-refractivity contribution in [2.75, 3.05) is 12.0 Å². The number of hydrogen-bond donors (Lipinski definition) is 0. The maximum Gasteiger partial charge on any atom is 0.421 e. The Morgan fingerprint density at radius 2 is 1.80 bits per heavy atom. The van der Waals surface area contributed by atoms with Crippen LogP contribution in [0.4, 0.5) is 10.5 Å². The highest BCUT2D eigenvalue weighted by atomic mass is 32.1. The summed E-state index contributed by atoms with van der Waals surface area (Å²) in [7, 11) is 1.27. The van der Waals surface area contributed by atoms with E-state index in [0.717, 1.165) is 39.4 Å². The first kappa shape index (κ1) is 24.4. The summed E-state index contributed by atoms with van der Waals surface area (Å²) in [4.78, 5) is 31.6. The van der Waals surface area contributed by atoms with E-state index >= 15 is 0 Å². The molecule has 180 valence electrons. The number of rotatable bonds is 8. The predicted molar refractivity (Wildman–Crippen MR) is 139 cm³/mol. The second-order valence-electron chi connectivity index (χ2n) is 8.22. The molecule has 35 heavy (non-hydrogen) atoms. The van der Waals surface area contributed by atoms with Crippen molar-refractivity contribution in [2.45, 2.75) is 39.7 Å². The van der Waals surface area contributed by atoms with Gasteiger partial charge in [-0.2, -0.15) is 0 Å². The molecule has 0 aliphatic rings. The molecule has 0 saturated heterocycles. The molecule has 0 radical (unpaired) electrons. The van der Waals surface area contributed by atoms with Gasteiger partial charge in [0.2, 0.25) is 0 Å². The van der Waals surface area contributed by atoms with Crippen LogP contribution in [0, 0.1) is 6.92 Å².